The van der Waals surface area contributed by atoms with Gasteiger partial charge < -0.3 is 14.8 Å². The summed E-state index contributed by atoms with van der Waals surface area (Å²) < 4.78 is 39.9. The number of halogens is 2. The molecule has 3 heterocycles. The number of carbonyl (C=O) groups excluding carboxylic acids is 2. The number of hydrogen-bond donors (Lipinski definition) is 1. The summed E-state index contributed by atoms with van der Waals surface area (Å²) >= 11 is 0. The Bertz CT molecular complexity index is 1050. The third-order valence-corrected chi connectivity index (χ3v) is 6.57. The van der Waals surface area contributed by atoms with Gasteiger partial charge in [-0.15, -0.1) is 0 Å². The Balaban J connectivity index is 1.50. The van der Waals surface area contributed by atoms with Crippen molar-refractivity contribution >= 4 is 11.9 Å². The van der Waals surface area contributed by atoms with Crippen LogP contribution in [0.3, 0.4) is 0 Å². The maximum atomic E-state index is 13.9. The monoisotopic (exact) mass is 461 g/mol. The Labute approximate surface area is 191 Å². The summed E-state index contributed by atoms with van der Waals surface area (Å²) in [5.74, 6) is -3.47. The van der Waals surface area contributed by atoms with Crippen molar-refractivity contribution in [1.29, 1.82) is 0 Å². The minimum atomic E-state index is -1.21. The van der Waals surface area contributed by atoms with E-state index in [2.05, 4.69) is 5.32 Å². The second-order valence-electron chi connectivity index (χ2n) is 9.08. The normalized spacial score (nSPS) is 18.4. The number of esters is 1. The molecular weight excluding hydrogens is 432 g/mol. The molecule has 4 rings (SSSR count). The molecule has 1 amide bonds. The lowest BCUT2D eigenvalue weighted by atomic mass is 9.76. The summed E-state index contributed by atoms with van der Waals surface area (Å²) in [4.78, 5) is 25.1. The van der Waals surface area contributed by atoms with Crippen molar-refractivity contribution in [3.8, 4) is 0 Å². The standard InChI is InChI=1S/C24H29F2N3O4/c1-3-18-20-19(11-24(14-27-22(20)30)7-9-32-10-8-24)29(28-18)12-15(2)13-33-23(31)16-5-4-6-17(25)21(16)26/h4-6,15H,3,7-14H2,1-2H3,(H,27,30)/t15-/m1/s1. The highest BCUT2D eigenvalue weighted by atomic mass is 19.2. The number of nitrogens with zero attached hydrogens (tertiary/aromatic N) is 2. The molecule has 1 fully saturated rings. The third kappa shape index (κ3) is 4.78. The summed E-state index contributed by atoms with van der Waals surface area (Å²) in [5.41, 5.74) is 1.80. The number of benzene rings is 1. The van der Waals surface area contributed by atoms with Crippen LogP contribution < -0.4 is 5.32 Å². The van der Waals surface area contributed by atoms with Gasteiger partial charge in [0.15, 0.2) is 11.6 Å². The molecule has 2 aromatic rings. The van der Waals surface area contributed by atoms with Crippen molar-refractivity contribution in [2.24, 2.45) is 11.3 Å². The molecule has 33 heavy (non-hydrogen) atoms. The Kier molecular flexibility index (Phi) is 6.78. The summed E-state index contributed by atoms with van der Waals surface area (Å²) in [7, 11) is 0. The van der Waals surface area contributed by atoms with E-state index in [9.17, 15) is 18.4 Å². The zero-order valence-electron chi connectivity index (χ0n) is 19.0. The molecule has 0 radical (unpaired) electrons. The Morgan fingerprint density at radius 3 is 2.82 bits per heavy atom. The topological polar surface area (TPSA) is 82.5 Å². The van der Waals surface area contributed by atoms with Crippen LogP contribution in [-0.4, -0.2) is 48.0 Å². The lowest BCUT2D eigenvalue weighted by Crippen LogP contribution is -2.41. The molecule has 178 valence electrons. The van der Waals surface area contributed by atoms with E-state index in [4.69, 9.17) is 14.6 Å². The molecule has 7 nitrogen and oxygen atoms in total. The first kappa shape index (κ1) is 23.4. The van der Waals surface area contributed by atoms with Crippen LogP contribution in [0.15, 0.2) is 18.2 Å². The van der Waals surface area contributed by atoms with E-state index in [0.717, 1.165) is 36.7 Å². The molecule has 2 aliphatic heterocycles. The van der Waals surface area contributed by atoms with Crippen molar-refractivity contribution in [2.45, 2.75) is 46.1 Å². The molecule has 0 saturated carbocycles. The first-order valence-corrected chi connectivity index (χ1v) is 11.4. The minimum absolute atomic E-state index is 0.00998. The molecule has 1 spiro atoms. The molecular formula is C24H29F2N3O4. The second-order valence-corrected chi connectivity index (χ2v) is 9.08. The average molecular weight is 462 g/mol. The van der Waals surface area contributed by atoms with Crippen LogP contribution in [0, 0.1) is 23.0 Å². The molecule has 0 aliphatic carbocycles. The lowest BCUT2D eigenvalue weighted by molar-refractivity contribution is 0.0151. The van der Waals surface area contributed by atoms with Gasteiger partial charge in [0.25, 0.3) is 5.91 Å². The number of rotatable bonds is 6. The van der Waals surface area contributed by atoms with E-state index in [-0.39, 0.29) is 23.8 Å². The Hall–Kier alpha value is -2.81. The van der Waals surface area contributed by atoms with Gasteiger partial charge in [0.1, 0.15) is 0 Å². The van der Waals surface area contributed by atoms with E-state index in [1.807, 2.05) is 18.5 Å². The van der Waals surface area contributed by atoms with Crippen LogP contribution in [0.2, 0.25) is 0 Å². The molecule has 1 saturated heterocycles. The van der Waals surface area contributed by atoms with Crippen molar-refractivity contribution in [2.75, 3.05) is 26.4 Å². The van der Waals surface area contributed by atoms with E-state index in [1.54, 1.807) is 0 Å². The SMILES string of the molecule is CCc1nn(C[C@@H](C)COC(=O)c2cccc(F)c2F)c2c1C(=O)NCC1(CCOCC1)C2. The zero-order valence-corrected chi connectivity index (χ0v) is 19.0. The van der Waals surface area contributed by atoms with Gasteiger partial charge >= 0.3 is 5.97 Å². The van der Waals surface area contributed by atoms with Gasteiger partial charge in [-0.25, -0.2) is 13.6 Å². The largest absolute Gasteiger partial charge is 0.462 e. The van der Waals surface area contributed by atoms with Gasteiger partial charge in [0, 0.05) is 32.2 Å². The number of ether oxygens (including phenoxy) is 2. The van der Waals surface area contributed by atoms with Crippen LogP contribution in [0.5, 0.6) is 0 Å². The van der Waals surface area contributed by atoms with Crippen molar-refractivity contribution in [3.63, 3.8) is 0 Å². The number of fused-ring (bicyclic) bond motifs is 1. The molecule has 2 aliphatic rings. The van der Waals surface area contributed by atoms with Gasteiger partial charge in [-0.2, -0.15) is 5.10 Å². The van der Waals surface area contributed by atoms with Gasteiger partial charge in [-0.1, -0.05) is 19.9 Å². The van der Waals surface area contributed by atoms with E-state index < -0.39 is 23.2 Å². The lowest BCUT2D eigenvalue weighted by Gasteiger charge is -2.36. The number of nitrogens with one attached hydrogen (secondary N) is 1. The minimum Gasteiger partial charge on any atom is -0.462 e. The smallest absolute Gasteiger partial charge is 0.341 e. The van der Waals surface area contributed by atoms with Gasteiger partial charge in [0.05, 0.1) is 29.1 Å². The summed E-state index contributed by atoms with van der Waals surface area (Å²) in [6.07, 6.45) is 3.08. The van der Waals surface area contributed by atoms with E-state index in [1.165, 1.54) is 12.1 Å². The van der Waals surface area contributed by atoms with Crippen LogP contribution in [0.1, 0.15) is 58.8 Å². The fourth-order valence-electron chi connectivity index (χ4n) is 4.63. The molecule has 0 bridgehead atoms. The summed E-state index contributed by atoms with van der Waals surface area (Å²) in [6, 6.07) is 3.41. The summed E-state index contributed by atoms with van der Waals surface area (Å²) in [5, 5.41) is 7.79. The number of amides is 1. The summed E-state index contributed by atoms with van der Waals surface area (Å²) in [6.45, 7) is 6.24. The number of carbonyl (C=O) groups is 2. The van der Waals surface area contributed by atoms with E-state index >= 15 is 0 Å². The zero-order chi connectivity index (χ0) is 23.6. The highest BCUT2D eigenvalue weighted by Gasteiger charge is 2.39. The van der Waals surface area contributed by atoms with Gasteiger partial charge in [0.2, 0.25) is 0 Å². The predicted molar refractivity (Wildman–Crippen MR) is 116 cm³/mol. The number of aryl methyl sites for hydroxylation is 1. The molecule has 0 unspecified atom stereocenters. The Morgan fingerprint density at radius 1 is 1.33 bits per heavy atom. The molecule has 1 aromatic carbocycles. The first-order chi connectivity index (χ1) is 15.8. The fraction of sp³-hybridized carbons (Fsp3) is 0.542. The third-order valence-electron chi connectivity index (χ3n) is 6.57. The maximum Gasteiger partial charge on any atom is 0.341 e. The number of hydrogen-bond acceptors (Lipinski definition) is 5. The first-order valence-electron chi connectivity index (χ1n) is 11.4. The maximum absolute atomic E-state index is 13.9. The molecule has 1 atom stereocenters. The van der Waals surface area contributed by atoms with Crippen LogP contribution in [0.4, 0.5) is 8.78 Å². The molecule has 1 N–H and O–H groups in total. The van der Waals surface area contributed by atoms with Crippen LogP contribution >= 0.6 is 0 Å². The van der Waals surface area contributed by atoms with Crippen molar-refractivity contribution < 1.29 is 27.8 Å². The fourth-order valence-corrected chi connectivity index (χ4v) is 4.63. The molecule has 1 aromatic heterocycles. The van der Waals surface area contributed by atoms with Crippen molar-refractivity contribution in [1.82, 2.24) is 15.1 Å². The highest BCUT2D eigenvalue weighted by Crippen LogP contribution is 2.37. The van der Waals surface area contributed by atoms with Crippen molar-refractivity contribution in [3.05, 3.63) is 52.3 Å². The van der Waals surface area contributed by atoms with Gasteiger partial charge in [-0.05, 0) is 43.2 Å². The number of aromatic nitrogens is 2. The van der Waals surface area contributed by atoms with Crippen LogP contribution in [0.25, 0.3) is 0 Å². The van der Waals surface area contributed by atoms with Gasteiger partial charge in [-0.3, -0.25) is 9.48 Å². The second kappa shape index (κ2) is 9.59. The Morgan fingerprint density at radius 2 is 2.09 bits per heavy atom. The average Bonchev–Trinajstić information content (AvgIpc) is 3.07. The van der Waals surface area contributed by atoms with Crippen LogP contribution in [-0.2, 0) is 28.9 Å². The highest BCUT2D eigenvalue weighted by molar-refractivity contribution is 5.97. The van der Waals surface area contributed by atoms with E-state index in [0.29, 0.717) is 38.3 Å². The quantitative estimate of drug-likeness (QED) is 0.668. The molecule has 9 heteroatoms. The predicted octanol–water partition coefficient (Wildman–Crippen LogP) is 3.30.